The van der Waals surface area contributed by atoms with Gasteiger partial charge in [-0.25, -0.2) is 9.59 Å². The lowest BCUT2D eigenvalue weighted by atomic mass is 10.2. The van der Waals surface area contributed by atoms with Crippen LogP contribution in [0.5, 0.6) is 0 Å². The average molecular weight is 393 g/mol. The molecule has 0 radical (unpaired) electrons. The smallest absolute Gasteiger partial charge is 0.348 e. The van der Waals surface area contributed by atoms with E-state index in [1.807, 2.05) is 20.8 Å². The van der Waals surface area contributed by atoms with Crippen molar-refractivity contribution in [2.75, 3.05) is 12.3 Å². The van der Waals surface area contributed by atoms with Gasteiger partial charge in [0.15, 0.2) is 6.61 Å². The van der Waals surface area contributed by atoms with E-state index in [0.29, 0.717) is 11.3 Å². The Bertz CT molecular complexity index is 1000. The van der Waals surface area contributed by atoms with Crippen LogP contribution >= 0.6 is 11.3 Å². The number of aryl methyl sites for hydroxylation is 2. The maximum Gasteiger partial charge on any atom is 0.348 e. The van der Waals surface area contributed by atoms with Gasteiger partial charge < -0.3 is 10.5 Å². The molecule has 2 aromatic heterocycles. The van der Waals surface area contributed by atoms with Gasteiger partial charge >= 0.3 is 11.7 Å². The number of anilines is 1. The first kappa shape index (κ1) is 20.6. The van der Waals surface area contributed by atoms with Crippen molar-refractivity contribution in [3.8, 4) is 0 Å². The molecule has 146 valence electrons. The zero-order chi connectivity index (χ0) is 20.3. The second-order valence-electron chi connectivity index (χ2n) is 6.13. The van der Waals surface area contributed by atoms with E-state index in [9.17, 15) is 19.2 Å². The minimum absolute atomic E-state index is 0.203. The summed E-state index contributed by atoms with van der Waals surface area (Å²) in [4.78, 5) is 50.6. The predicted molar refractivity (Wildman–Crippen MR) is 104 cm³/mol. The summed E-state index contributed by atoms with van der Waals surface area (Å²) in [7, 11) is 1.28. The van der Waals surface area contributed by atoms with Crippen LogP contribution in [0.15, 0.2) is 15.7 Å². The number of carbonyl (C=O) groups is 2. The molecular weight excluding hydrogens is 370 g/mol. The Kier molecular flexibility index (Phi) is 6.37. The molecule has 0 bridgehead atoms. The van der Waals surface area contributed by atoms with E-state index in [1.54, 1.807) is 6.07 Å². The Morgan fingerprint density at radius 3 is 2.48 bits per heavy atom. The van der Waals surface area contributed by atoms with Crippen molar-refractivity contribution in [3.63, 3.8) is 0 Å². The zero-order valence-corrected chi connectivity index (χ0v) is 16.6. The number of hydrogen-bond acceptors (Lipinski definition) is 7. The summed E-state index contributed by atoms with van der Waals surface area (Å²) in [6.07, 6.45) is 1.40. The number of ether oxygens (including phenoxy) is 1. The molecular formula is C18H23N3O5S. The molecule has 2 aromatic rings. The minimum atomic E-state index is -0.800. The van der Waals surface area contributed by atoms with Crippen LogP contribution in [0.2, 0.25) is 0 Å². The predicted octanol–water partition coefficient (Wildman–Crippen LogP) is 1.51. The Labute approximate surface area is 160 Å². The van der Waals surface area contributed by atoms with Crippen molar-refractivity contribution in [2.45, 2.75) is 40.2 Å². The van der Waals surface area contributed by atoms with Gasteiger partial charge in [0.1, 0.15) is 16.3 Å². The Hall–Kier alpha value is -2.68. The SMILES string of the molecule is CCCn1c(N)c(C(=O)COC(=O)c2cc(C)c(CC)s2)c(=O)n(C)c1=O. The highest BCUT2D eigenvalue weighted by Crippen LogP contribution is 2.23. The van der Waals surface area contributed by atoms with Crippen molar-refractivity contribution in [1.82, 2.24) is 9.13 Å². The first-order valence-corrected chi connectivity index (χ1v) is 9.43. The molecule has 0 amide bonds. The van der Waals surface area contributed by atoms with E-state index < -0.39 is 29.6 Å². The van der Waals surface area contributed by atoms with E-state index in [-0.39, 0.29) is 17.9 Å². The molecule has 9 heteroatoms. The lowest BCUT2D eigenvalue weighted by molar-refractivity contribution is 0.0479. The molecule has 2 rings (SSSR count). The average Bonchev–Trinajstić information content (AvgIpc) is 3.02. The van der Waals surface area contributed by atoms with Crippen molar-refractivity contribution in [1.29, 1.82) is 0 Å². The van der Waals surface area contributed by atoms with Crippen LogP contribution in [0.1, 0.15) is 50.7 Å². The molecule has 27 heavy (non-hydrogen) atoms. The fourth-order valence-electron chi connectivity index (χ4n) is 2.73. The molecule has 0 fully saturated rings. The van der Waals surface area contributed by atoms with E-state index in [4.69, 9.17) is 10.5 Å². The summed E-state index contributed by atoms with van der Waals surface area (Å²) in [6, 6.07) is 1.71. The third-order valence-electron chi connectivity index (χ3n) is 4.19. The van der Waals surface area contributed by atoms with Crippen LogP contribution in [0.4, 0.5) is 5.82 Å². The quantitative estimate of drug-likeness (QED) is 0.563. The maximum atomic E-state index is 12.5. The third-order valence-corrected chi connectivity index (χ3v) is 5.55. The van der Waals surface area contributed by atoms with Gasteiger partial charge in [-0.1, -0.05) is 13.8 Å². The Morgan fingerprint density at radius 1 is 1.26 bits per heavy atom. The topological polar surface area (TPSA) is 113 Å². The monoisotopic (exact) mass is 393 g/mol. The number of Topliss-reactive ketones (excluding diaryl/α,β-unsaturated/α-hetero) is 1. The third kappa shape index (κ3) is 4.02. The van der Waals surface area contributed by atoms with E-state index >= 15 is 0 Å². The van der Waals surface area contributed by atoms with Gasteiger partial charge in [-0.2, -0.15) is 0 Å². The number of carbonyl (C=O) groups excluding carboxylic acids is 2. The Balaban J connectivity index is 2.26. The summed E-state index contributed by atoms with van der Waals surface area (Å²) in [6.45, 7) is 5.38. The van der Waals surface area contributed by atoms with E-state index in [0.717, 1.165) is 21.4 Å². The highest BCUT2D eigenvalue weighted by molar-refractivity contribution is 7.14. The van der Waals surface area contributed by atoms with Gasteiger partial charge in [0.05, 0.1) is 0 Å². The number of nitrogens with two attached hydrogens (primary N) is 1. The van der Waals surface area contributed by atoms with Crippen molar-refractivity contribution >= 4 is 28.9 Å². The first-order chi connectivity index (χ1) is 12.7. The molecule has 0 spiro atoms. The van der Waals surface area contributed by atoms with Crippen LogP contribution in [0.3, 0.4) is 0 Å². The molecule has 8 nitrogen and oxygen atoms in total. The van der Waals surface area contributed by atoms with Crippen LogP contribution in [-0.2, 0) is 24.8 Å². The summed E-state index contributed by atoms with van der Waals surface area (Å²) in [5, 5.41) is 0. The minimum Gasteiger partial charge on any atom is -0.453 e. The number of ketones is 1. The molecule has 0 saturated carbocycles. The summed E-state index contributed by atoms with van der Waals surface area (Å²) >= 11 is 1.31. The number of rotatable bonds is 7. The van der Waals surface area contributed by atoms with Crippen LogP contribution in [0.25, 0.3) is 0 Å². The molecule has 0 aliphatic heterocycles. The molecule has 0 saturated heterocycles. The highest BCUT2D eigenvalue weighted by Gasteiger charge is 2.23. The van der Waals surface area contributed by atoms with E-state index in [1.165, 1.54) is 23.0 Å². The molecule has 0 atom stereocenters. The summed E-state index contributed by atoms with van der Waals surface area (Å²) < 4.78 is 7.07. The normalized spacial score (nSPS) is 10.8. The van der Waals surface area contributed by atoms with Gasteiger partial charge in [0, 0.05) is 18.5 Å². The number of hydrogen-bond donors (Lipinski definition) is 1. The zero-order valence-electron chi connectivity index (χ0n) is 15.8. The van der Waals surface area contributed by atoms with Crippen molar-refractivity contribution < 1.29 is 14.3 Å². The largest absolute Gasteiger partial charge is 0.453 e. The number of thiophene rings is 1. The summed E-state index contributed by atoms with van der Waals surface area (Å²) in [5.41, 5.74) is 5.15. The van der Waals surface area contributed by atoms with Crippen LogP contribution in [-0.4, -0.2) is 27.5 Å². The van der Waals surface area contributed by atoms with Crippen molar-refractivity contribution in [3.05, 3.63) is 47.8 Å². The molecule has 0 aromatic carbocycles. The van der Waals surface area contributed by atoms with Gasteiger partial charge in [0.25, 0.3) is 5.56 Å². The molecule has 0 unspecified atom stereocenters. The second kappa shape index (κ2) is 8.34. The first-order valence-electron chi connectivity index (χ1n) is 8.61. The fourth-order valence-corrected chi connectivity index (χ4v) is 3.74. The second-order valence-corrected chi connectivity index (χ2v) is 7.27. The molecule has 2 heterocycles. The van der Waals surface area contributed by atoms with Gasteiger partial charge in [-0.15, -0.1) is 11.3 Å². The van der Waals surface area contributed by atoms with Crippen LogP contribution in [0, 0.1) is 6.92 Å². The number of nitrogens with zero attached hydrogens (tertiary/aromatic N) is 2. The number of nitrogen functional groups attached to an aromatic ring is 1. The van der Waals surface area contributed by atoms with E-state index in [2.05, 4.69) is 0 Å². The lowest BCUT2D eigenvalue weighted by Gasteiger charge is -2.13. The lowest BCUT2D eigenvalue weighted by Crippen LogP contribution is -2.43. The van der Waals surface area contributed by atoms with Gasteiger partial charge in [0.2, 0.25) is 5.78 Å². The molecule has 2 N–H and O–H groups in total. The molecule has 0 aliphatic rings. The fraction of sp³-hybridized carbons (Fsp3) is 0.444. The highest BCUT2D eigenvalue weighted by atomic mass is 32.1. The van der Waals surface area contributed by atoms with Gasteiger partial charge in [-0.05, 0) is 31.4 Å². The molecule has 0 aliphatic carbocycles. The number of esters is 1. The Morgan fingerprint density at radius 2 is 1.93 bits per heavy atom. The van der Waals surface area contributed by atoms with Crippen LogP contribution < -0.4 is 17.0 Å². The maximum absolute atomic E-state index is 12.5. The standard InChI is InChI=1S/C18H23N3O5S/c1-5-7-21-15(19)14(16(23)20(4)18(21)25)11(22)9-26-17(24)13-8-10(3)12(6-2)27-13/h8H,5-7,9,19H2,1-4H3. The van der Waals surface area contributed by atoms with Gasteiger partial charge in [-0.3, -0.25) is 18.7 Å². The van der Waals surface area contributed by atoms with Crippen molar-refractivity contribution in [2.24, 2.45) is 7.05 Å². The number of aromatic nitrogens is 2. The summed E-state index contributed by atoms with van der Waals surface area (Å²) in [5.74, 6) is -1.57.